The number of hydrogen-bond acceptors (Lipinski definition) is 5. The molecule has 10 heteroatoms. The van der Waals surface area contributed by atoms with Gasteiger partial charge in [0.2, 0.25) is 11.8 Å². The summed E-state index contributed by atoms with van der Waals surface area (Å²) >= 11 is 7.08. The molecule has 8 nitrogen and oxygen atoms in total. The maximum absolute atomic E-state index is 12.2. The van der Waals surface area contributed by atoms with E-state index in [9.17, 15) is 14.4 Å². The molecule has 0 aliphatic rings. The van der Waals surface area contributed by atoms with Crippen molar-refractivity contribution in [2.75, 3.05) is 16.0 Å². The predicted molar refractivity (Wildman–Crippen MR) is 114 cm³/mol. The summed E-state index contributed by atoms with van der Waals surface area (Å²) in [6, 6.07) is 12.5. The fraction of sp³-hybridized carbons (Fsp3) is 0.0526. The van der Waals surface area contributed by atoms with Crippen LogP contribution in [0.4, 0.5) is 21.3 Å². The number of hydrogen-bond donors (Lipinski definition) is 4. The monoisotopic (exact) mass is 429 g/mol. The van der Waals surface area contributed by atoms with E-state index in [4.69, 9.17) is 17.3 Å². The lowest BCUT2D eigenvalue weighted by molar-refractivity contribution is -0.115. The number of aromatic nitrogens is 1. The van der Waals surface area contributed by atoms with Crippen LogP contribution in [0.5, 0.6) is 0 Å². The number of halogens is 1. The molecular weight excluding hydrogens is 414 g/mol. The molecule has 3 rings (SSSR count). The van der Waals surface area contributed by atoms with Crippen LogP contribution in [0, 0.1) is 0 Å². The molecule has 1 aromatic heterocycles. The van der Waals surface area contributed by atoms with Crippen LogP contribution < -0.4 is 21.7 Å². The lowest BCUT2D eigenvalue weighted by Gasteiger charge is -2.05. The standard InChI is InChI=1S/C19H16ClN5O3S/c20-12-2-1-3-14(8-12)23-18(28)25-19-24-15(10-29-19)9-16(26)22-13-6-4-11(5-7-13)17(21)27/h1-8,10H,9H2,(H2,21,27)(H,22,26)(H2,23,24,25,28). The van der Waals surface area contributed by atoms with Gasteiger partial charge in [-0.15, -0.1) is 11.3 Å². The van der Waals surface area contributed by atoms with Crippen molar-refractivity contribution in [3.8, 4) is 0 Å². The molecule has 1 heterocycles. The fourth-order valence-electron chi connectivity index (χ4n) is 2.36. The Hall–Kier alpha value is -3.43. The minimum atomic E-state index is -0.537. The minimum absolute atomic E-state index is 0.0334. The number of urea groups is 1. The van der Waals surface area contributed by atoms with Gasteiger partial charge < -0.3 is 16.4 Å². The van der Waals surface area contributed by atoms with Crippen LogP contribution in [-0.2, 0) is 11.2 Å². The van der Waals surface area contributed by atoms with E-state index in [2.05, 4.69) is 20.9 Å². The smallest absolute Gasteiger partial charge is 0.325 e. The van der Waals surface area contributed by atoms with E-state index in [1.165, 1.54) is 23.5 Å². The van der Waals surface area contributed by atoms with Crippen molar-refractivity contribution >= 4 is 57.3 Å². The summed E-state index contributed by atoms with van der Waals surface area (Å²) < 4.78 is 0. The highest BCUT2D eigenvalue weighted by molar-refractivity contribution is 7.14. The molecule has 3 aromatic rings. The molecule has 0 fully saturated rings. The van der Waals surface area contributed by atoms with Gasteiger partial charge in [0.1, 0.15) is 0 Å². The summed E-state index contributed by atoms with van der Waals surface area (Å²) in [5.74, 6) is -0.818. The van der Waals surface area contributed by atoms with Gasteiger partial charge in [-0.05, 0) is 42.5 Å². The van der Waals surface area contributed by atoms with Crippen LogP contribution in [-0.4, -0.2) is 22.8 Å². The highest BCUT2D eigenvalue weighted by Crippen LogP contribution is 2.18. The number of primary amides is 1. The molecule has 0 aliphatic heterocycles. The van der Waals surface area contributed by atoms with Gasteiger partial charge in [-0.25, -0.2) is 9.78 Å². The number of rotatable bonds is 6. The van der Waals surface area contributed by atoms with E-state index in [0.29, 0.717) is 32.8 Å². The normalized spacial score (nSPS) is 10.2. The molecule has 0 spiro atoms. The van der Waals surface area contributed by atoms with Crippen molar-refractivity contribution in [1.29, 1.82) is 0 Å². The van der Waals surface area contributed by atoms with Gasteiger partial charge in [0.25, 0.3) is 0 Å². The third kappa shape index (κ3) is 6.03. The van der Waals surface area contributed by atoms with E-state index in [1.807, 2.05) is 0 Å². The van der Waals surface area contributed by atoms with E-state index < -0.39 is 11.9 Å². The summed E-state index contributed by atoms with van der Waals surface area (Å²) in [6.07, 6.45) is 0.0334. The molecule has 5 N–H and O–H groups in total. The summed E-state index contributed by atoms with van der Waals surface area (Å²) in [6.45, 7) is 0. The van der Waals surface area contributed by atoms with Crippen molar-refractivity contribution < 1.29 is 14.4 Å². The maximum atomic E-state index is 12.2. The van der Waals surface area contributed by atoms with Gasteiger partial charge in [-0.1, -0.05) is 17.7 Å². The summed E-state index contributed by atoms with van der Waals surface area (Å²) in [5.41, 5.74) is 7.14. The predicted octanol–water partition coefficient (Wildman–Crippen LogP) is 3.72. The first-order valence-corrected chi connectivity index (χ1v) is 9.62. The molecule has 29 heavy (non-hydrogen) atoms. The maximum Gasteiger partial charge on any atom is 0.325 e. The Labute approximate surface area is 175 Å². The first kappa shape index (κ1) is 20.3. The highest BCUT2D eigenvalue weighted by Gasteiger charge is 2.11. The Balaban J connectivity index is 1.52. The van der Waals surface area contributed by atoms with Gasteiger partial charge in [0.15, 0.2) is 5.13 Å². The van der Waals surface area contributed by atoms with Gasteiger partial charge in [0.05, 0.1) is 12.1 Å². The number of thiazole rings is 1. The average Bonchev–Trinajstić information content (AvgIpc) is 3.08. The van der Waals surface area contributed by atoms with E-state index >= 15 is 0 Å². The molecule has 0 saturated carbocycles. The molecule has 148 valence electrons. The Kier molecular flexibility index (Phi) is 6.43. The number of anilines is 3. The second kappa shape index (κ2) is 9.18. The van der Waals surface area contributed by atoms with Crippen LogP contribution >= 0.6 is 22.9 Å². The second-order valence-electron chi connectivity index (χ2n) is 5.90. The largest absolute Gasteiger partial charge is 0.366 e. The van der Waals surface area contributed by atoms with Gasteiger partial charge >= 0.3 is 6.03 Å². The molecule has 4 amide bonds. The fourth-order valence-corrected chi connectivity index (χ4v) is 3.25. The molecular formula is C19H16ClN5O3S. The number of nitrogens with two attached hydrogens (primary N) is 1. The SMILES string of the molecule is NC(=O)c1ccc(NC(=O)Cc2csc(NC(=O)Nc3cccc(Cl)c3)n2)cc1. The lowest BCUT2D eigenvalue weighted by atomic mass is 10.2. The Morgan fingerprint density at radius 3 is 2.45 bits per heavy atom. The summed E-state index contributed by atoms with van der Waals surface area (Å²) in [4.78, 5) is 39.5. The van der Waals surface area contributed by atoms with Crippen molar-refractivity contribution in [3.05, 3.63) is 70.2 Å². The topological polar surface area (TPSA) is 126 Å². The van der Waals surface area contributed by atoms with Gasteiger partial charge in [0, 0.05) is 27.3 Å². The number of nitrogens with zero attached hydrogens (tertiary/aromatic N) is 1. The first-order valence-electron chi connectivity index (χ1n) is 8.37. The first-order chi connectivity index (χ1) is 13.9. The zero-order valence-corrected chi connectivity index (χ0v) is 16.5. The van der Waals surface area contributed by atoms with Gasteiger partial charge in [-0.2, -0.15) is 0 Å². The number of carbonyl (C=O) groups excluding carboxylic acids is 3. The van der Waals surface area contributed by atoms with E-state index in [-0.39, 0.29) is 12.3 Å². The lowest BCUT2D eigenvalue weighted by Crippen LogP contribution is -2.19. The second-order valence-corrected chi connectivity index (χ2v) is 7.19. The average molecular weight is 430 g/mol. The molecule has 0 unspecified atom stereocenters. The van der Waals surface area contributed by atoms with Crippen molar-refractivity contribution in [3.63, 3.8) is 0 Å². The van der Waals surface area contributed by atoms with Gasteiger partial charge in [-0.3, -0.25) is 14.9 Å². The van der Waals surface area contributed by atoms with Crippen LogP contribution in [0.1, 0.15) is 16.1 Å². The molecule has 0 bridgehead atoms. The third-order valence-electron chi connectivity index (χ3n) is 3.65. The summed E-state index contributed by atoms with van der Waals surface area (Å²) in [5, 5.41) is 10.5. The van der Waals surface area contributed by atoms with Crippen molar-refractivity contribution in [1.82, 2.24) is 4.98 Å². The summed E-state index contributed by atoms with van der Waals surface area (Å²) in [7, 11) is 0. The zero-order chi connectivity index (χ0) is 20.8. The number of nitrogens with one attached hydrogen (secondary N) is 3. The number of amides is 4. The third-order valence-corrected chi connectivity index (χ3v) is 4.69. The number of benzene rings is 2. The van der Waals surface area contributed by atoms with E-state index in [0.717, 1.165) is 0 Å². The van der Waals surface area contributed by atoms with Crippen LogP contribution in [0.2, 0.25) is 5.02 Å². The van der Waals surface area contributed by atoms with Crippen LogP contribution in [0.3, 0.4) is 0 Å². The molecule has 0 aliphatic carbocycles. The minimum Gasteiger partial charge on any atom is -0.366 e. The number of carbonyl (C=O) groups is 3. The Bertz CT molecular complexity index is 1050. The van der Waals surface area contributed by atoms with Crippen molar-refractivity contribution in [2.45, 2.75) is 6.42 Å². The molecule has 2 aromatic carbocycles. The van der Waals surface area contributed by atoms with Crippen LogP contribution in [0.15, 0.2) is 53.9 Å². The molecule has 0 radical (unpaired) electrons. The molecule has 0 saturated heterocycles. The zero-order valence-electron chi connectivity index (χ0n) is 14.9. The Morgan fingerprint density at radius 1 is 1.00 bits per heavy atom. The molecule has 0 atom stereocenters. The Morgan fingerprint density at radius 2 is 1.76 bits per heavy atom. The van der Waals surface area contributed by atoms with E-state index in [1.54, 1.807) is 41.8 Å². The van der Waals surface area contributed by atoms with Crippen molar-refractivity contribution in [2.24, 2.45) is 5.73 Å². The quantitative estimate of drug-likeness (QED) is 0.476. The van der Waals surface area contributed by atoms with Crippen LogP contribution in [0.25, 0.3) is 0 Å². The highest BCUT2D eigenvalue weighted by atomic mass is 35.5.